The maximum Gasteiger partial charge on any atom is 0.305 e. The summed E-state index contributed by atoms with van der Waals surface area (Å²) in [4.78, 5) is 15.9. The van der Waals surface area contributed by atoms with E-state index >= 15 is 0 Å². The van der Waals surface area contributed by atoms with Crippen LogP contribution in [-0.2, 0) is 14.4 Å². The van der Waals surface area contributed by atoms with E-state index in [9.17, 15) is 4.79 Å². The number of hydrogen-bond acceptors (Lipinski definition) is 5. The molecule has 0 radical (unpaired) electrons. The van der Waals surface area contributed by atoms with Gasteiger partial charge in [0.05, 0.1) is 17.6 Å². The Balaban J connectivity index is 2.57. The van der Waals surface area contributed by atoms with Gasteiger partial charge in [-0.2, -0.15) is 0 Å². The highest BCUT2D eigenvalue weighted by atomic mass is 32.2. The molecule has 0 aliphatic carbocycles. The number of ether oxygens (including phenoxy) is 1. The van der Waals surface area contributed by atoms with E-state index in [1.807, 2.05) is 11.8 Å². The zero-order valence-corrected chi connectivity index (χ0v) is 10.2. The molecule has 1 heterocycles. The number of nitrogens with zero attached hydrogens (tertiary/aromatic N) is 1. The van der Waals surface area contributed by atoms with Crippen molar-refractivity contribution in [3.05, 3.63) is 0 Å². The molecule has 0 N–H and O–H groups in total. The highest BCUT2D eigenvalue weighted by molar-refractivity contribution is 8.01. The Kier molecular flexibility index (Phi) is 4.45. The summed E-state index contributed by atoms with van der Waals surface area (Å²) in [7, 11) is 2.97. The fourth-order valence-electron chi connectivity index (χ4n) is 1.63. The van der Waals surface area contributed by atoms with Crippen molar-refractivity contribution in [2.75, 3.05) is 20.0 Å². The van der Waals surface area contributed by atoms with Crippen LogP contribution in [0.5, 0.6) is 0 Å². The third-order valence-corrected chi connectivity index (χ3v) is 4.09. The first kappa shape index (κ1) is 12.4. The van der Waals surface area contributed by atoms with Crippen LogP contribution in [0.15, 0.2) is 5.16 Å². The van der Waals surface area contributed by atoms with Crippen molar-refractivity contribution in [3.63, 3.8) is 0 Å². The second-order valence-corrected chi connectivity index (χ2v) is 5.22. The van der Waals surface area contributed by atoms with E-state index in [0.29, 0.717) is 6.42 Å². The van der Waals surface area contributed by atoms with Gasteiger partial charge in [-0.25, -0.2) is 0 Å². The lowest BCUT2D eigenvalue weighted by Crippen LogP contribution is -2.28. The molecule has 1 saturated heterocycles. The molecule has 0 amide bonds. The van der Waals surface area contributed by atoms with Crippen LogP contribution in [0.4, 0.5) is 0 Å². The standard InChI is InChI=1S/C10H17NO3S/c1-10(6-4-9(12)13-2)8(11-14-3)5-7-15-10/h4-7H2,1-3H3/b11-8+/t10-/m0/s1. The van der Waals surface area contributed by atoms with Crippen LogP contribution < -0.4 is 0 Å². The zero-order chi connectivity index (χ0) is 11.3. The Labute approximate surface area is 94.4 Å². The Bertz CT molecular complexity index is 267. The molecule has 1 aliphatic rings. The van der Waals surface area contributed by atoms with Crippen LogP contribution >= 0.6 is 11.8 Å². The van der Waals surface area contributed by atoms with Crippen LogP contribution in [0.25, 0.3) is 0 Å². The van der Waals surface area contributed by atoms with E-state index in [2.05, 4.69) is 16.8 Å². The average molecular weight is 231 g/mol. The van der Waals surface area contributed by atoms with E-state index in [-0.39, 0.29) is 10.7 Å². The molecule has 86 valence electrons. The molecule has 0 bridgehead atoms. The predicted molar refractivity (Wildman–Crippen MR) is 61.2 cm³/mol. The molecule has 0 aromatic carbocycles. The topological polar surface area (TPSA) is 47.9 Å². The second kappa shape index (κ2) is 5.39. The van der Waals surface area contributed by atoms with Crippen LogP contribution in [0.2, 0.25) is 0 Å². The Morgan fingerprint density at radius 3 is 2.93 bits per heavy atom. The van der Waals surface area contributed by atoms with Crippen molar-refractivity contribution in [1.29, 1.82) is 0 Å². The summed E-state index contributed by atoms with van der Waals surface area (Å²) in [5, 5.41) is 4.02. The number of methoxy groups -OCH3 is 1. The number of oxime groups is 1. The van der Waals surface area contributed by atoms with Gasteiger partial charge >= 0.3 is 5.97 Å². The monoisotopic (exact) mass is 231 g/mol. The minimum absolute atomic E-state index is 0.0653. The fraction of sp³-hybridized carbons (Fsp3) is 0.800. The third kappa shape index (κ3) is 3.12. The first-order valence-corrected chi connectivity index (χ1v) is 5.92. The van der Waals surface area contributed by atoms with E-state index in [1.165, 1.54) is 7.11 Å². The molecule has 5 heteroatoms. The molecule has 1 atom stereocenters. The second-order valence-electron chi connectivity index (χ2n) is 3.63. The molecular weight excluding hydrogens is 214 g/mol. The largest absolute Gasteiger partial charge is 0.469 e. The molecule has 0 unspecified atom stereocenters. The first-order chi connectivity index (χ1) is 7.12. The summed E-state index contributed by atoms with van der Waals surface area (Å²) >= 11 is 1.83. The normalized spacial score (nSPS) is 28.1. The first-order valence-electron chi connectivity index (χ1n) is 4.93. The van der Waals surface area contributed by atoms with Crippen molar-refractivity contribution < 1.29 is 14.4 Å². The smallest absolute Gasteiger partial charge is 0.305 e. The maximum absolute atomic E-state index is 11.1. The van der Waals surface area contributed by atoms with E-state index in [1.54, 1.807) is 7.11 Å². The quantitative estimate of drug-likeness (QED) is 0.547. The Morgan fingerprint density at radius 2 is 2.33 bits per heavy atom. The fourth-order valence-corrected chi connectivity index (χ4v) is 2.93. The molecule has 4 nitrogen and oxygen atoms in total. The van der Waals surface area contributed by atoms with Gasteiger partial charge in [-0.15, -0.1) is 11.8 Å². The SMILES string of the molecule is CO/N=C1\CCS[C@@]1(C)CCC(=O)OC. The highest BCUT2D eigenvalue weighted by Crippen LogP contribution is 2.39. The average Bonchev–Trinajstić information content (AvgIpc) is 2.58. The van der Waals surface area contributed by atoms with Crippen molar-refractivity contribution in [3.8, 4) is 0 Å². The van der Waals surface area contributed by atoms with Crippen LogP contribution in [-0.4, -0.2) is 36.4 Å². The molecule has 0 spiro atoms. The summed E-state index contributed by atoms with van der Waals surface area (Å²) in [6.45, 7) is 2.10. The number of carbonyl (C=O) groups is 1. The Hall–Kier alpha value is -0.710. The lowest BCUT2D eigenvalue weighted by Gasteiger charge is -2.22. The zero-order valence-electron chi connectivity index (χ0n) is 9.41. The van der Waals surface area contributed by atoms with Gasteiger partial charge in [0, 0.05) is 6.42 Å². The summed E-state index contributed by atoms with van der Waals surface area (Å²) in [5.74, 6) is 0.875. The molecule has 15 heavy (non-hydrogen) atoms. The third-order valence-electron chi connectivity index (χ3n) is 2.61. The molecular formula is C10H17NO3S. The van der Waals surface area contributed by atoms with Crippen molar-refractivity contribution in [1.82, 2.24) is 0 Å². The Morgan fingerprint density at radius 1 is 1.60 bits per heavy atom. The minimum atomic E-state index is -0.166. The van der Waals surface area contributed by atoms with Gasteiger partial charge in [0.15, 0.2) is 0 Å². The van der Waals surface area contributed by atoms with Crippen molar-refractivity contribution in [2.24, 2.45) is 5.16 Å². The predicted octanol–water partition coefficient (Wildman–Crippen LogP) is 1.84. The highest BCUT2D eigenvalue weighted by Gasteiger charge is 2.37. The molecule has 0 saturated carbocycles. The van der Waals surface area contributed by atoms with Gasteiger partial charge in [-0.3, -0.25) is 4.79 Å². The lowest BCUT2D eigenvalue weighted by molar-refractivity contribution is -0.140. The van der Waals surface area contributed by atoms with Crippen LogP contribution in [0.3, 0.4) is 0 Å². The number of esters is 1. The van der Waals surface area contributed by atoms with Crippen molar-refractivity contribution >= 4 is 23.4 Å². The number of rotatable bonds is 4. The molecule has 1 aliphatic heterocycles. The van der Waals surface area contributed by atoms with Gasteiger partial charge in [0.2, 0.25) is 0 Å². The summed E-state index contributed by atoms with van der Waals surface area (Å²) in [5.41, 5.74) is 1.04. The van der Waals surface area contributed by atoms with E-state index in [0.717, 1.165) is 24.3 Å². The van der Waals surface area contributed by atoms with Gasteiger partial charge in [-0.05, 0) is 25.5 Å². The summed E-state index contributed by atoms with van der Waals surface area (Å²) in [6.07, 6.45) is 2.13. The van der Waals surface area contributed by atoms with Gasteiger partial charge in [0.25, 0.3) is 0 Å². The van der Waals surface area contributed by atoms with Crippen LogP contribution in [0, 0.1) is 0 Å². The molecule has 1 fully saturated rings. The minimum Gasteiger partial charge on any atom is -0.469 e. The van der Waals surface area contributed by atoms with Gasteiger partial charge in [-0.1, -0.05) is 5.16 Å². The van der Waals surface area contributed by atoms with E-state index in [4.69, 9.17) is 4.84 Å². The summed E-state index contributed by atoms with van der Waals surface area (Å²) in [6, 6.07) is 0. The number of carbonyl (C=O) groups excluding carboxylic acids is 1. The van der Waals surface area contributed by atoms with Crippen molar-refractivity contribution in [2.45, 2.75) is 30.9 Å². The summed E-state index contributed by atoms with van der Waals surface area (Å²) < 4.78 is 4.57. The lowest BCUT2D eigenvalue weighted by atomic mass is 9.97. The van der Waals surface area contributed by atoms with Crippen LogP contribution in [0.1, 0.15) is 26.2 Å². The van der Waals surface area contributed by atoms with Gasteiger partial charge in [0.1, 0.15) is 7.11 Å². The van der Waals surface area contributed by atoms with Gasteiger partial charge < -0.3 is 9.57 Å². The maximum atomic E-state index is 11.1. The molecule has 1 rings (SSSR count). The molecule has 0 aromatic rings. The molecule has 0 aromatic heterocycles. The number of thioether (sulfide) groups is 1. The van der Waals surface area contributed by atoms with E-state index < -0.39 is 0 Å². The number of hydrogen-bond donors (Lipinski definition) is 0.